The third kappa shape index (κ3) is 2.97. The Labute approximate surface area is 101 Å². The van der Waals surface area contributed by atoms with Gasteiger partial charge in [0.15, 0.2) is 0 Å². The van der Waals surface area contributed by atoms with E-state index >= 15 is 0 Å². The minimum absolute atomic E-state index is 0.00493. The maximum absolute atomic E-state index is 12.0. The highest BCUT2D eigenvalue weighted by Gasteiger charge is 2.36. The first-order valence-corrected chi connectivity index (χ1v) is 6.34. The number of hydrogen-bond acceptors (Lipinski definition) is 4. The summed E-state index contributed by atoms with van der Waals surface area (Å²) < 4.78 is 10.6. The molecule has 2 N–H and O–H groups in total. The van der Waals surface area contributed by atoms with E-state index in [0.29, 0.717) is 26.2 Å². The molecule has 0 aromatic rings. The van der Waals surface area contributed by atoms with Gasteiger partial charge in [-0.25, -0.2) is 0 Å². The summed E-state index contributed by atoms with van der Waals surface area (Å²) >= 11 is 0. The number of ether oxygens (including phenoxy) is 2. The quantitative estimate of drug-likeness (QED) is 0.733. The number of hydrogen-bond donors (Lipinski definition) is 2. The van der Waals surface area contributed by atoms with Crippen LogP contribution in [0, 0.1) is 5.92 Å². The SMILES string of the molecule is CCC1OCCC1C(=O)NCC1(O)CCOC1. The number of rotatable bonds is 4. The van der Waals surface area contributed by atoms with E-state index in [-0.39, 0.29) is 24.5 Å². The first-order chi connectivity index (χ1) is 8.14. The van der Waals surface area contributed by atoms with Crippen LogP contribution in [-0.4, -0.2) is 49.1 Å². The van der Waals surface area contributed by atoms with E-state index in [1.807, 2.05) is 6.92 Å². The van der Waals surface area contributed by atoms with Gasteiger partial charge in [-0.3, -0.25) is 4.79 Å². The standard InChI is InChI=1S/C12H21NO4/c1-2-10-9(3-5-17-10)11(14)13-7-12(15)4-6-16-8-12/h9-10,15H,2-8H2,1H3,(H,13,14). The van der Waals surface area contributed by atoms with Gasteiger partial charge in [-0.2, -0.15) is 0 Å². The maximum Gasteiger partial charge on any atom is 0.225 e. The highest BCUT2D eigenvalue weighted by molar-refractivity contribution is 5.79. The Balaban J connectivity index is 1.80. The normalized spacial score (nSPS) is 37.3. The van der Waals surface area contributed by atoms with Crippen molar-refractivity contribution in [1.29, 1.82) is 0 Å². The van der Waals surface area contributed by atoms with Crippen molar-refractivity contribution < 1.29 is 19.4 Å². The van der Waals surface area contributed by atoms with Crippen molar-refractivity contribution in [3.8, 4) is 0 Å². The third-order valence-electron chi connectivity index (χ3n) is 3.62. The molecule has 0 bridgehead atoms. The van der Waals surface area contributed by atoms with Crippen molar-refractivity contribution in [2.75, 3.05) is 26.4 Å². The van der Waals surface area contributed by atoms with Gasteiger partial charge < -0.3 is 19.9 Å². The van der Waals surface area contributed by atoms with Gasteiger partial charge >= 0.3 is 0 Å². The van der Waals surface area contributed by atoms with Gasteiger partial charge in [0.1, 0.15) is 5.60 Å². The highest BCUT2D eigenvalue weighted by atomic mass is 16.5. The molecule has 2 aliphatic rings. The van der Waals surface area contributed by atoms with E-state index in [1.165, 1.54) is 0 Å². The first-order valence-electron chi connectivity index (χ1n) is 6.34. The van der Waals surface area contributed by atoms with Crippen LogP contribution in [0.1, 0.15) is 26.2 Å². The summed E-state index contributed by atoms with van der Waals surface area (Å²) in [5.41, 5.74) is -0.878. The number of amides is 1. The molecule has 0 radical (unpaired) electrons. The van der Waals surface area contributed by atoms with Crippen molar-refractivity contribution in [2.45, 2.75) is 37.9 Å². The largest absolute Gasteiger partial charge is 0.386 e. The Hall–Kier alpha value is -0.650. The molecule has 0 spiro atoms. The number of carbonyl (C=O) groups excluding carboxylic acids is 1. The molecular formula is C12H21NO4. The fourth-order valence-corrected chi connectivity index (χ4v) is 2.47. The van der Waals surface area contributed by atoms with Crippen LogP contribution in [0.25, 0.3) is 0 Å². The van der Waals surface area contributed by atoms with E-state index in [4.69, 9.17) is 9.47 Å². The molecule has 3 unspecified atom stereocenters. The van der Waals surface area contributed by atoms with Gasteiger partial charge in [0, 0.05) is 26.2 Å². The zero-order valence-electron chi connectivity index (χ0n) is 10.3. The molecule has 2 aliphatic heterocycles. The predicted octanol–water partition coefficient (Wildman–Crippen LogP) is 0.0691. The third-order valence-corrected chi connectivity index (χ3v) is 3.62. The lowest BCUT2D eigenvalue weighted by Gasteiger charge is -2.23. The van der Waals surface area contributed by atoms with E-state index < -0.39 is 5.60 Å². The fraction of sp³-hybridized carbons (Fsp3) is 0.917. The monoisotopic (exact) mass is 243 g/mol. The molecule has 0 saturated carbocycles. The smallest absolute Gasteiger partial charge is 0.225 e. The average Bonchev–Trinajstić information content (AvgIpc) is 2.95. The summed E-state index contributed by atoms with van der Waals surface area (Å²) in [6, 6.07) is 0. The van der Waals surface area contributed by atoms with Crippen LogP contribution in [0.3, 0.4) is 0 Å². The van der Waals surface area contributed by atoms with Crippen LogP contribution in [0.2, 0.25) is 0 Å². The van der Waals surface area contributed by atoms with E-state index in [2.05, 4.69) is 5.32 Å². The van der Waals surface area contributed by atoms with Crippen LogP contribution in [0.4, 0.5) is 0 Å². The van der Waals surface area contributed by atoms with Crippen LogP contribution in [0.5, 0.6) is 0 Å². The Morgan fingerprint density at radius 3 is 3.00 bits per heavy atom. The van der Waals surface area contributed by atoms with E-state index in [0.717, 1.165) is 12.8 Å². The molecular weight excluding hydrogens is 222 g/mol. The lowest BCUT2D eigenvalue weighted by Crippen LogP contribution is -2.46. The molecule has 0 aliphatic carbocycles. The minimum atomic E-state index is -0.878. The summed E-state index contributed by atoms with van der Waals surface area (Å²) in [6.45, 7) is 3.83. The van der Waals surface area contributed by atoms with Crippen molar-refractivity contribution in [3.63, 3.8) is 0 Å². The van der Waals surface area contributed by atoms with Crippen molar-refractivity contribution in [2.24, 2.45) is 5.92 Å². The summed E-state index contributed by atoms with van der Waals surface area (Å²) in [6.07, 6.45) is 2.25. The van der Waals surface area contributed by atoms with Crippen molar-refractivity contribution in [1.82, 2.24) is 5.32 Å². The molecule has 0 aromatic heterocycles. The molecule has 2 fully saturated rings. The van der Waals surface area contributed by atoms with Crippen LogP contribution < -0.4 is 5.32 Å². The second-order valence-corrected chi connectivity index (χ2v) is 4.96. The number of carbonyl (C=O) groups is 1. The van der Waals surface area contributed by atoms with Crippen molar-refractivity contribution in [3.05, 3.63) is 0 Å². The molecule has 1 amide bonds. The summed E-state index contributed by atoms with van der Waals surface area (Å²) in [4.78, 5) is 12.0. The summed E-state index contributed by atoms with van der Waals surface area (Å²) in [5, 5.41) is 12.9. The number of nitrogens with one attached hydrogen (secondary N) is 1. The second-order valence-electron chi connectivity index (χ2n) is 4.96. The van der Waals surface area contributed by atoms with Gasteiger partial charge in [-0.15, -0.1) is 0 Å². The summed E-state index contributed by atoms with van der Waals surface area (Å²) in [5.74, 6) is -0.0689. The van der Waals surface area contributed by atoms with Gasteiger partial charge in [0.05, 0.1) is 18.6 Å². The molecule has 5 nitrogen and oxygen atoms in total. The Morgan fingerprint density at radius 1 is 1.53 bits per heavy atom. The average molecular weight is 243 g/mol. The molecule has 2 saturated heterocycles. The predicted molar refractivity (Wildman–Crippen MR) is 61.5 cm³/mol. The van der Waals surface area contributed by atoms with Gasteiger partial charge in [0.25, 0.3) is 0 Å². The Morgan fingerprint density at radius 2 is 2.35 bits per heavy atom. The van der Waals surface area contributed by atoms with Crippen LogP contribution in [-0.2, 0) is 14.3 Å². The topological polar surface area (TPSA) is 67.8 Å². The van der Waals surface area contributed by atoms with Gasteiger partial charge in [-0.1, -0.05) is 6.92 Å². The van der Waals surface area contributed by atoms with Crippen LogP contribution >= 0.6 is 0 Å². The maximum atomic E-state index is 12.0. The van der Waals surface area contributed by atoms with E-state index in [1.54, 1.807) is 0 Å². The highest BCUT2D eigenvalue weighted by Crippen LogP contribution is 2.24. The minimum Gasteiger partial charge on any atom is -0.386 e. The lowest BCUT2D eigenvalue weighted by molar-refractivity contribution is -0.128. The molecule has 98 valence electrons. The molecule has 2 rings (SSSR count). The first kappa shape index (κ1) is 12.8. The molecule has 2 heterocycles. The zero-order chi connectivity index (χ0) is 12.3. The molecule has 17 heavy (non-hydrogen) atoms. The van der Waals surface area contributed by atoms with Crippen molar-refractivity contribution >= 4 is 5.91 Å². The van der Waals surface area contributed by atoms with E-state index in [9.17, 15) is 9.90 Å². The Bertz CT molecular complexity index is 276. The van der Waals surface area contributed by atoms with Crippen LogP contribution in [0.15, 0.2) is 0 Å². The van der Waals surface area contributed by atoms with Gasteiger partial charge in [0.2, 0.25) is 5.91 Å². The Kier molecular flexibility index (Phi) is 4.01. The lowest BCUT2D eigenvalue weighted by atomic mass is 9.97. The zero-order valence-corrected chi connectivity index (χ0v) is 10.3. The summed E-state index contributed by atoms with van der Waals surface area (Å²) in [7, 11) is 0. The molecule has 5 heteroatoms. The fourth-order valence-electron chi connectivity index (χ4n) is 2.47. The molecule has 3 atom stereocenters. The molecule has 0 aromatic carbocycles. The second kappa shape index (κ2) is 5.33. The number of aliphatic hydroxyl groups is 1. The van der Waals surface area contributed by atoms with Gasteiger partial charge in [-0.05, 0) is 12.8 Å².